The Balaban J connectivity index is 1.40. The highest BCUT2D eigenvalue weighted by Gasteiger charge is 2.11. The molecule has 0 aliphatic rings. The number of hydrogen-bond donors (Lipinski definition) is 3. The van der Waals surface area contributed by atoms with Gasteiger partial charge in [-0.05, 0) is 54.4 Å². The molecule has 1 heterocycles. The van der Waals surface area contributed by atoms with Gasteiger partial charge in [0.1, 0.15) is 0 Å². The average molecular weight is 475 g/mol. The molecule has 5 rings (SSSR count). The van der Waals surface area contributed by atoms with Gasteiger partial charge in [0.15, 0.2) is 0 Å². The average Bonchev–Trinajstić information content (AvgIpc) is 2.90. The summed E-state index contributed by atoms with van der Waals surface area (Å²) in [6.07, 6.45) is 1.79. The number of benzene rings is 4. The van der Waals surface area contributed by atoms with Gasteiger partial charge in [-0.15, -0.1) is 0 Å². The normalized spacial score (nSPS) is 10.7. The number of nitrogens with one attached hydrogen (secondary N) is 2. The molecule has 5 aromatic rings. The summed E-state index contributed by atoms with van der Waals surface area (Å²) in [6, 6.07) is 27.4. The van der Waals surface area contributed by atoms with Crippen molar-refractivity contribution < 1.29 is 14.7 Å². The van der Waals surface area contributed by atoms with E-state index in [4.69, 9.17) is 10.1 Å². The molecular weight excluding hydrogens is 452 g/mol. The second kappa shape index (κ2) is 9.68. The minimum atomic E-state index is -1.04. The number of nitrogens with zero attached hydrogens (tertiary/aromatic N) is 2. The SMILES string of the molecule is Cc1ccc(NC(=O)c2ccc(C(=O)O)cc2)cc1Nc1ncc2cccc(-c3ccccc3)c2n1. The van der Waals surface area contributed by atoms with Crippen molar-refractivity contribution in [3.8, 4) is 11.1 Å². The number of para-hydroxylation sites is 1. The van der Waals surface area contributed by atoms with E-state index in [1.165, 1.54) is 24.3 Å². The van der Waals surface area contributed by atoms with E-state index in [2.05, 4.69) is 27.8 Å². The van der Waals surface area contributed by atoms with E-state index in [1.807, 2.05) is 55.5 Å². The molecule has 0 fully saturated rings. The van der Waals surface area contributed by atoms with Gasteiger partial charge in [-0.3, -0.25) is 4.79 Å². The molecule has 0 aliphatic carbocycles. The predicted molar refractivity (Wildman–Crippen MR) is 141 cm³/mol. The zero-order valence-corrected chi connectivity index (χ0v) is 19.4. The van der Waals surface area contributed by atoms with E-state index < -0.39 is 5.97 Å². The molecule has 7 nitrogen and oxygen atoms in total. The monoisotopic (exact) mass is 474 g/mol. The Kier molecular flexibility index (Phi) is 6.11. The van der Waals surface area contributed by atoms with Crippen LogP contribution in [0.3, 0.4) is 0 Å². The van der Waals surface area contributed by atoms with Crippen LogP contribution in [0.2, 0.25) is 0 Å². The van der Waals surface area contributed by atoms with Gasteiger partial charge in [-0.1, -0.05) is 54.6 Å². The summed E-state index contributed by atoms with van der Waals surface area (Å²) >= 11 is 0. The highest BCUT2D eigenvalue weighted by Crippen LogP contribution is 2.29. The highest BCUT2D eigenvalue weighted by atomic mass is 16.4. The zero-order valence-electron chi connectivity index (χ0n) is 19.4. The zero-order chi connectivity index (χ0) is 25.1. The summed E-state index contributed by atoms with van der Waals surface area (Å²) in [5.41, 5.74) is 5.72. The van der Waals surface area contributed by atoms with E-state index >= 15 is 0 Å². The third-order valence-corrected chi connectivity index (χ3v) is 5.83. The third-order valence-electron chi connectivity index (χ3n) is 5.83. The van der Waals surface area contributed by atoms with Gasteiger partial charge in [-0.2, -0.15) is 0 Å². The first-order chi connectivity index (χ1) is 17.5. The predicted octanol–water partition coefficient (Wildman–Crippen LogP) is 6.30. The number of anilines is 3. The summed E-state index contributed by atoms with van der Waals surface area (Å²) in [5, 5.41) is 16.1. The number of aromatic nitrogens is 2. The van der Waals surface area contributed by atoms with Gasteiger partial charge in [0.25, 0.3) is 5.91 Å². The van der Waals surface area contributed by atoms with Crippen LogP contribution < -0.4 is 10.6 Å². The number of carboxylic acid groups (broad SMARTS) is 1. The molecule has 0 unspecified atom stereocenters. The van der Waals surface area contributed by atoms with Gasteiger partial charge < -0.3 is 15.7 Å². The summed E-state index contributed by atoms with van der Waals surface area (Å²) in [5.74, 6) is -0.930. The van der Waals surface area contributed by atoms with E-state index in [-0.39, 0.29) is 11.5 Å². The number of aromatic carboxylic acids is 1. The van der Waals surface area contributed by atoms with Crippen molar-refractivity contribution >= 4 is 40.1 Å². The molecule has 0 radical (unpaired) electrons. The number of amides is 1. The maximum atomic E-state index is 12.7. The van der Waals surface area contributed by atoms with Gasteiger partial charge in [0.2, 0.25) is 5.95 Å². The second-order valence-corrected chi connectivity index (χ2v) is 8.29. The van der Waals surface area contributed by atoms with Gasteiger partial charge >= 0.3 is 5.97 Å². The fourth-order valence-electron chi connectivity index (χ4n) is 3.89. The molecule has 0 spiro atoms. The van der Waals surface area contributed by atoms with Crippen LogP contribution in [0.15, 0.2) is 97.2 Å². The van der Waals surface area contributed by atoms with Gasteiger partial charge in [0, 0.05) is 34.1 Å². The Morgan fingerprint density at radius 1 is 0.833 bits per heavy atom. The first kappa shape index (κ1) is 22.7. The molecule has 0 atom stereocenters. The topological polar surface area (TPSA) is 104 Å². The lowest BCUT2D eigenvalue weighted by Crippen LogP contribution is -2.12. The second-order valence-electron chi connectivity index (χ2n) is 8.29. The van der Waals surface area contributed by atoms with Crippen LogP contribution in [0.5, 0.6) is 0 Å². The Labute approximate surface area is 207 Å². The van der Waals surface area contributed by atoms with Crippen molar-refractivity contribution in [2.24, 2.45) is 0 Å². The van der Waals surface area contributed by atoms with Crippen LogP contribution >= 0.6 is 0 Å². The maximum Gasteiger partial charge on any atom is 0.335 e. The third kappa shape index (κ3) is 4.76. The molecule has 4 aromatic carbocycles. The Hall–Kier alpha value is -5.04. The van der Waals surface area contributed by atoms with E-state index in [0.717, 1.165) is 33.3 Å². The van der Waals surface area contributed by atoms with Crippen LogP contribution in [-0.4, -0.2) is 27.0 Å². The van der Waals surface area contributed by atoms with Crippen LogP contribution in [0, 0.1) is 6.92 Å². The molecule has 0 aliphatic heterocycles. The first-order valence-corrected chi connectivity index (χ1v) is 11.3. The molecule has 1 amide bonds. The standard InChI is InChI=1S/C29H22N4O3/c1-18-10-15-23(31-27(34)20-11-13-21(14-12-20)28(35)36)16-25(18)32-29-30-17-22-8-5-9-24(26(22)33-29)19-6-3-2-4-7-19/h2-17H,1H3,(H,31,34)(H,35,36)(H,30,32,33). The van der Waals surface area contributed by atoms with Crippen LogP contribution in [0.1, 0.15) is 26.3 Å². The van der Waals surface area contributed by atoms with E-state index in [1.54, 1.807) is 12.3 Å². The molecule has 7 heteroatoms. The summed E-state index contributed by atoms with van der Waals surface area (Å²) in [7, 11) is 0. The quantitative estimate of drug-likeness (QED) is 0.267. The number of carbonyl (C=O) groups excluding carboxylic acids is 1. The molecule has 36 heavy (non-hydrogen) atoms. The smallest absolute Gasteiger partial charge is 0.335 e. The van der Waals surface area contributed by atoms with Gasteiger partial charge in [0.05, 0.1) is 11.1 Å². The van der Waals surface area contributed by atoms with Crippen molar-refractivity contribution in [3.63, 3.8) is 0 Å². The molecule has 0 saturated carbocycles. The molecule has 1 aromatic heterocycles. The lowest BCUT2D eigenvalue weighted by atomic mass is 10.0. The Bertz CT molecular complexity index is 1580. The molecule has 3 N–H and O–H groups in total. The molecule has 0 saturated heterocycles. The van der Waals surface area contributed by atoms with Crippen molar-refractivity contribution in [2.75, 3.05) is 10.6 Å². The van der Waals surface area contributed by atoms with Crippen LogP contribution in [-0.2, 0) is 0 Å². The number of aryl methyl sites for hydroxylation is 1. The van der Waals surface area contributed by atoms with Gasteiger partial charge in [-0.25, -0.2) is 14.8 Å². The van der Waals surface area contributed by atoms with Crippen molar-refractivity contribution in [1.29, 1.82) is 0 Å². The fraction of sp³-hybridized carbons (Fsp3) is 0.0345. The highest BCUT2D eigenvalue weighted by molar-refractivity contribution is 6.05. The minimum absolute atomic E-state index is 0.124. The number of rotatable bonds is 6. The molecule has 0 bridgehead atoms. The number of hydrogen-bond acceptors (Lipinski definition) is 5. The summed E-state index contributed by atoms with van der Waals surface area (Å²) < 4.78 is 0. The number of carbonyl (C=O) groups is 2. The fourth-order valence-corrected chi connectivity index (χ4v) is 3.89. The van der Waals surface area contributed by atoms with Crippen molar-refractivity contribution in [2.45, 2.75) is 6.92 Å². The lowest BCUT2D eigenvalue weighted by Gasteiger charge is -2.13. The van der Waals surface area contributed by atoms with Crippen LogP contribution in [0.25, 0.3) is 22.0 Å². The lowest BCUT2D eigenvalue weighted by molar-refractivity contribution is 0.0696. The summed E-state index contributed by atoms with van der Waals surface area (Å²) in [4.78, 5) is 33.0. The largest absolute Gasteiger partial charge is 0.478 e. The van der Waals surface area contributed by atoms with Crippen molar-refractivity contribution in [1.82, 2.24) is 9.97 Å². The Morgan fingerprint density at radius 2 is 1.58 bits per heavy atom. The van der Waals surface area contributed by atoms with Crippen LogP contribution in [0.4, 0.5) is 17.3 Å². The molecular formula is C29H22N4O3. The first-order valence-electron chi connectivity index (χ1n) is 11.3. The summed E-state index contributed by atoms with van der Waals surface area (Å²) in [6.45, 7) is 1.95. The maximum absolute atomic E-state index is 12.7. The van der Waals surface area contributed by atoms with E-state index in [0.29, 0.717) is 17.2 Å². The molecule has 176 valence electrons. The Morgan fingerprint density at radius 3 is 2.33 bits per heavy atom. The van der Waals surface area contributed by atoms with Crippen molar-refractivity contribution in [3.05, 3.63) is 114 Å². The van der Waals surface area contributed by atoms with E-state index in [9.17, 15) is 9.59 Å². The number of carboxylic acids is 1. The minimum Gasteiger partial charge on any atom is -0.478 e. The number of fused-ring (bicyclic) bond motifs is 1.